The second kappa shape index (κ2) is 8.38. The molecule has 0 spiro atoms. The molecule has 0 atom stereocenters. The molecular weight excluding hydrogens is 406 g/mol. The van der Waals surface area contributed by atoms with Gasteiger partial charge in [-0.1, -0.05) is 17.7 Å². The number of hydrogen-bond acceptors (Lipinski definition) is 6. The molecule has 0 unspecified atom stereocenters. The fraction of sp³-hybridized carbons (Fsp3) is 0.316. The Balaban J connectivity index is 1.75. The monoisotopic (exact) mass is 425 g/mol. The van der Waals surface area contributed by atoms with E-state index in [9.17, 15) is 13.2 Å². The predicted octanol–water partition coefficient (Wildman–Crippen LogP) is 3.11. The van der Waals surface area contributed by atoms with Crippen LogP contribution in [0.15, 0.2) is 41.3 Å². The number of sulfonamides is 1. The van der Waals surface area contributed by atoms with Crippen LogP contribution >= 0.6 is 11.6 Å². The zero-order valence-electron chi connectivity index (χ0n) is 15.5. The van der Waals surface area contributed by atoms with Gasteiger partial charge >= 0.3 is 5.97 Å². The van der Waals surface area contributed by atoms with Gasteiger partial charge in [-0.25, -0.2) is 17.5 Å². The third kappa shape index (κ3) is 4.40. The van der Waals surface area contributed by atoms with Gasteiger partial charge in [-0.15, -0.1) is 0 Å². The Morgan fingerprint density at radius 2 is 1.93 bits per heavy atom. The number of benzene rings is 2. The number of hydrogen-bond donors (Lipinski definition) is 0. The first-order valence-electron chi connectivity index (χ1n) is 8.57. The molecule has 7 nitrogen and oxygen atoms in total. The summed E-state index contributed by atoms with van der Waals surface area (Å²) < 4.78 is 42.0. The van der Waals surface area contributed by atoms with Crippen molar-refractivity contribution in [2.75, 3.05) is 27.3 Å². The number of rotatable bonds is 5. The number of carbonyl (C=O) groups excluding carboxylic acids is 1. The maximum atomic E-state index is 12.4. The quantitative estimate of drug-likeness (QED) is 0.684. The summed E-state index contributed by atoms with van der Waals surface area (Å²) >= 11 is 6.24. The Morgan fingerprint density at radius 1 is 1.18 bits per heavy atom. The molecule has 3 rings (SSSR count). The Kier molecular flexibility index (Phi) is 6.12. The van der Waals surface area contributed by atoms with Gasteiger partial charge in [0.05, 0.1) is 28.7 Å². The molecule has 1 aliphatic heterocycles. The van der Waals surface area contributed by atoms with E-state index in [4.69, 9.17) is 25.8 Å². The van der Waals surface area contributed by atoms with Gasteiger partial charge < -0.3 is 14.2 Å². The minimum Gasteiger partial charge on any atom is -0.489 e. The molecule has 2 aromatic rings. The Hall–Kier alpha value is -2.29. The van der Waals surface area contributed by atoms with Crippen LogP contribution in [0.5, 0.6) is 11.5 Å². The third-order valence-electron chi connectivity index (χ3n) is 4.08. The summed E-state index contributed by atoms with van der Waals surface area (Å²) in [7, 11) is -0.792. The van der Waals surface area contributed by atoms with E-state index in [2.05, 4.69) is 0 Å². The highest BCUT2D eigenvalue weighted by Gasteiger charge is 2.20. The molecule has 0 aromatic heterocycles. The fourth-order valence-electron chi connectivity index (χ4n) is 2.59. The van der Waals surface area contributed by atoms with Crippen molar-refractivity contribution < 1.29 is 27.4 Å². The van der Waals surface area contributed by atoms with Gasteiger partial charge in [0.15, 0.2) is 11.5 Å². The zero-order chi connectivity index (χ0) is 20.3. The van der Waals surface area contributed by atoms with E-state index in [1.165, 1.54) is 38.4 Å². The Bertz CT molecular complexity index is 990. The molecule has 0 bridgehead atoms. The van der Waals surface area contributed by atoms with E-state index in [0.29, 0.717) is 35.3 Å². The van der Waals surface area contributed by atoms with Crippen LogP contribution in [-0.4, -0.2) is 46.0 Å². The van der Waals surface area contributed by atoms with Crippen LogP contribution in [0.3, 0.4) is 0 Å². The van der Waals surface area contributed by atoms with Crippen LogP contribution in [0, 0.1) is 0 Å². The maximum Gasteiger partial charge on any atom is 0.338 e. The maximum absolute atomic E-state index is 12.4. The molecular formula is C19H20ClNO6S. The molecule has 28 heavy (non-hydrogen) atoms. The van der Waals surface area contributed by atoms with E-state index in [1.54, 1.807) is 12.1 Å². The summed E-state index contributed by atoms with van der Waals surface area (Å²) in [4.78, 5) is 12.4. The Morgan fingerprint density at radius 3 is 2.68 bits per heavy atom. The lowest BCUT2D eigenvalue weighted by atomic mass is 10.2. The minimum atomic E-state index is -3.64. The minimum absolute atomic E-state index is 0.0190. The van der Waals surface area contributed by atoms with Crippen molar-refractivity contribution >= 4 is 27.6 Å². The highest BCUT2D eigenvalue weighted by atomic mass is 35.5. The molecule has 9 heteroatoms. The van der Waals surface area contributed by atoms with Gasteiger partial charge in [0, 0.05) is 20.5 Å². The first kappa shape index (κ1) is 20.4. The molecule has 150 valence electrons. The van der Waals surface area contributed by atoms with Crippen LogP contribution in [-0.2, 0) is 21.4 Å². The summed E-state index contributed by atoms with van der Waals surface area (Å²) in [5.74, 6) is 0.352. The molecule has 0 saturated carbocycles. The van der Waals surface area contributed by atoms with Crippen LogP contribution in [0.25, 0.3) is 0 Å². The second-order valence-corrected chi connectivity index (χ2v) is 8.91. The van der Waals surface area contributed by atoms with Crippen LogP contribution in [0.4, 0.5) is 0 Å². The average Bonchev–Trinajstić information content (AvgIpc) is 2.92. The van der Waals surface area contributed by atoms with Gasteiger partial charge in [0.1, 0.15) is 6.61 Å². The van der Waals surface area contributed by atoms with Crippen molar-refractivity contribution in [2.24, 2.45) is 0 Å². The lowest BCUT2D eigenvalue weighted by Crippen LogP contribution is -2.22. The van der Waals surface area contributed by atoms with Crippen LogP contribution < -0.4 is 9.47 Å². The van der Waals surface area contributed by atoms with Gasteiger partial charge in [-0.2, -0.15) is 0 Å². The van der Waals surface area contributed by atoms with Crippen molar-refractivity contribution in [1.29, 1.82) is 0 Å². The number of carbonyl (C=O) groups is 1. The van der Waals surface area contributed by atoms with E-state index >= 15 is 0 Å². The smallest absolute Gasteiger partial charge is 0.338 e. The van der Waals surface area contributed by atoms with Gasteiger partial charge in [-0.05, 0) is 35.9 Å². The molecule has 0 saturated heterocycles. The first-order valence-corrected chi connectivity index (χ1v) is 10.4. The highest BCUT2D eigenvalue weighted by Crippen LogP contribution is 2.38. The largest absolute Gasteiger partial charge is 0.489 e. The van der Waals surface area contributed by atoms with E-state index in [1.807, 2.05) is 0 Å². The van der Waals surface area contributed by atoms with Crippen LogP contribution in [0.2, 0.25) is 5.02 Å². The molecule has 0 N–H and O–H groups in total. The SMILES string of the molecule is CN(C)S(=O)(=O)c1cccc(C(=O)OCc2cc(Cl)c3c(c2)OCCCO3)c1. The summed E-state index contributed by atoms with van der Waals surface area (Å²) in [5.41, 5.74) is 0.781. The molecule has 2 aromatic carbocycles. The molecule has 0 radical (unpaired) electrons. The number of halogens is 1. The van der Waals surface area contributed by atoms with Crippen molar-refractivity contribution in [1.82, 2.24) is 4.31 Å². The average molecular weight is 426 g/mol. The van der Waals surface area contributed by atoms with Crippen molar-refractivity contribution in [3.63, 3.8) is 0 Å². The second-order valence-electron chi connectivity index (χ2n) is 6.35. The number of esters is 1. The molecule has 1 aliphatic rings. The van der Waals surface area contributed by atoms with Crippen molar-refractivity contribution in [2.45, 2.75) is 17.9 Å². The number of nitrogens with zero attached hydrogens (tertiary/aromatic N) is 1. The summed E-state index contributed by atoms with van der Waals surface area (Å²) in [5, 5.41) is 0.379. The van der Waals surface area contributed by atoms with Gasteiger partial charge in [-0.3, -0.25) is 0 Å². The zero-order valence-corrected chi connectivity index (χ0v) is 17.0. The summed E-state index contributed by atoms with van der Waals surface area (Å²) in [6, 6.07) is 9.08. The Labute approximate surface area is 168 Å². The van der Waals surface area contributed by atoms with Crippen LogP contribution in [0.1, 0.15) is 22.3 Å². The van der Waals surface area contributed by atoms with Crippen molar-refractivity contribution in [3.8, 4) is 11.5 Å². The van der Waals surface area contributed by atoms with E-state index < -0.39 is 16.0 Å². The van der Waals surface area contributed by atoms with Crippen molar-refractivity contribution in [3.05, 3.63) is 52.5 Å². The molecule has 0 fully saturated rings. The number of ether oxygens (including phenoxy) is 3. The molecule has 1 heterocycles. The standard InChI is InChI=1S/C19H20ClNO6S/c1-21(2)28(23,24)15-6-3-5-14(11-15)19(22)27-12-13-9-16(20)18-17(10-13)25-7-4-8-26-18/h3,5-6,9-11H,4,7-8,12H2,1-2H3. The normalized spacial score (nSPS) is 13.9. The lowest BCUT2D eigenvalue weighted by molar-refractivity contribution is 0.0472. The summed E-state index contributed by atoms with van der Waals surface area (Å²) in [6.45, 7) is 0.993. The summed E-state index contributed by atoms with van der Waals surface area (Å²) in [6.07, 6.45) is 0.752. The number of fused-ring (bicyclic) bond motifs is 1. The predicted molar refractivity (Wildman–Crippen MR) is 103 cm³/mol. The topological polar surface area (TPSA) is 82.1 Å². The highest BCUT2D eigenvalue weighted by molar-refractivity contribution is 7.89. The first-order chi connectivity index (χ1) is 13.3. The van der Waals surface area contributed by atoms with E-state index in [-0.39, 0.29) is 17.1 Å². The van der Waals surface area contributed by atoms with Gasteiger partial charge in [0.25, 0.3) is 0 Å². The fourth-order valence-corrected chi connectivity index (χ4v) is 3.83. The molecule has 0 aliphatic carbocycles. The van der Waals surface area contributed by atoms with Gasteiger partial charge in [0.2, 0.25) is 10.0 Å². The molecule has 0 amide bonds. The lowest BCUT2D eigenvalue weighted by Gasteiger charge is -2.13. The third-order valence-corrected chi connectivity index (χ3v) is 6.17. The van der Waals surface area contributed by atoms with E-state index in [0.717, 1.165) is 10.7 Å².